The van der Waals surface area contributed by atoms with Crippen molar-refractivity contribution in [1.82, 2.24) is 14.9 Å². The molecule has 2 heterocycles. The molecule has 3 aliphatic rings. The summed E-state index contributed by atoms with van der Waals surface area (Å²) in [7, 11) is 0. The Balaban J connectivity index is 1.22. The Labute approximate surface area is 199 Å². The number of nitrogens with one attached hydrogen (secondary N) is 1. The molecule has 2 N–H and O–H groups in total. The first-order valence-corrected chi connectivity index (χ1v) is 12.2. The molecule has 3 aromatic rings. The topological polar surface area (TPSA) is 81.6 Å². The highest BCUT2D eigenvalue weighted by Crippen LogP contribution is 2.54. The van der Waals surface area contributed by atoms with Crippen LogP contribution in [0.1, 0.15) is 43.4 Å². The summed E-state index contributed by atoms with van der Waals surface area (Å²) in [5.41, 5.74) is 7.13. The summed E-state index contributed by atoms with van der Waals surface area (Å²) in [6, 6.07) is 17.0. The van der Waals surface area contributed by atoms with Crippen LogP contribution in [0.3, 0.4) is 0 Å². The monoisotopic (exact) mass is 455 g/mol. The molecule has 1 saturated heterocycles. The summed E-state index contributed by atoms with van der Waals surface area (Å²) in [4.78, 5) is 24.6. The SMILES string of the molecule is O=C(O)N1CCN(c2ccc(Nc3ncc4c(n3)C3(CCCCC3)c3ccccc3-4)cc2)CC1. The predicted molar refractivity (Wildman–Crippen MR) is 133 cm³/mol. The standard InChI is InChI=1S/C27H29N5O2/c33-26(34)32-16-14-31(15-17-32)20-10-8-19(9-11-20)29-25-28-18-22-21-6-2-3-7-23(21)27(24(22)30-25)12-4-1-5-13-27/h2-3,6-11,18H,1,4-5,12-17H2,(H,33,34)(H,28,29,30). The second kappa shape index (κ2) is 8.31. The smallest absolute Gasteiger partial charge is 0.407 e. The van der Waals surface area contributed by atoms with E-state index >= 15 is 0 Å². The van der Waals surface area contributed by atoms with E-state index in [1.165, 1.54) is 46.5 Å². The third-order valence-electron chi connectivity index (χ3n) is 7.72. The fraction of sp³-hybridized carbons (Fsp3) is 0.370. The highest BCUT2D eigenvalue weighted by atomic mass is 16.4. The van der Waals surface area contributed by atoms with Crippen LogP contribution in [0.15, 0.2) is 54.7 Å². The van der Waals surface area contributed by atoms with Gasteiger partial charge in [0, 0.05) is 54.7 Å². The fourth-order valence-corrected chi connectivity index (χ4v) is 5.97. The Morgan fingerprint density at radius 2 is 1.65 bits per heavy atom. The molecular formula is C27H29N5O2. The molecule has 2 aromatic carbocycles. The second-order valence-corrected chi connectivity index (χ2v) is 9.57. The molecule has 7 nitrogen and oxygen atoms in total. The van der Waals surface area contributed by atoms with Crippen LogP contribution in [0.2, 0.25) is 0 Å². The zero-order chi connectivity index (χ0) is 23.1. The van der Waals surface area contributed by atoms with Gasteiger partial charge >= 0.3 is 6.09 Å². The zero-order valence-corrected chi connectivity index (χ0v) is 19.2. The summed E-state index contributed by atoms with van der Waals surface area (Å²) in [5.74, 6) is 0.638. The molecule has 1 aromatic heterocycles. The van der Waals surface area contributed by atoms with Crippen molar-refractivity contribution in [3.05, 3.63) is 66.0 Å². The number of piperazine rings is 1. The van der Waals surface area contributed by atoms with E-state index in [0.717, 1.165) is 24.2 Å². The van der Waals surface area contributed by atoms with Crippen LogP contribution in [0.4, 0.5) is 22.1 Å². The van der Waals surface area contributed by atoms with Gasteiger partial charge in [-0.2, -0.15) is 0 Å². The van der Waals surface area contributed by atoms with Gasteiger partial charge in [-0.15, -0.1) is 0 Å². The third kappa shape index (κ3) is 3.47. The van der Waals surface area contributed by atoms with Gasteiger partial charge in [-0.3, -0.25) is 0 Å². The maximum absolute atomic E-state index is 11.1. The molecule has 0 radical (unpaired) electrons. The van der Waals surface area contributed by atoms with Crippen LogP contribution >= 0.6 is 0 Å². The van der Waals surface area contributed by atoms with Gasteiger partial charge in [-0.25, -0.2) is 14.8 Å². The third-order valence-corrected chi connectivity index (χ3v) is 7.72. The predicted octanol–water partition coefficient (Wildman–Crippen LogP) is 5.25. The van der Waals surface area contributed by atoms with E-state index in [-0.39, 0.29) is 5.41 Å². The second-order valence-electron chi connectivity index (χ2n) is 9.57. The Morgan fingerprint density at radius 3 is 2.38 bits per heavy atom. The van der Waals surface area contributed by atoms with Crippen molar-refractivity contribution in [3.63, 3.8) is 0 Å². The maximum atomic E-state index is 11.1. The van der Waals surface area contributed by atoms with Crippen molar-refractivity contribution in [2.75, 3.05) is 36.4 Å². The number of nitrogens with zero attached hydrogens (tertiary/aromatic N) is 4. The van der Waals surface area contributed by atoms with E-state index in [4.69, 9.17) is 10.1 Å². The van der Waals surface area contributed by atoms with E-state index < -0.39 is 6.09 Å². The molecule has 2 fully saturated rings. The van der Waals surface area contributed by atoms with Crippen LogP contribution in [0.25, 0.3) is 11.1 Å². The lowest BCUT2D eigenvalue weighted by Gasteiger charge is -2.35. The largest absolute Gasteiger partial charge is 0.465 e. The molecule has 1 spiro atoms. The van der Waals surface area contributed by atoms with Crippen molar-refractivity contribution in [3.8, 4) is 11.1 Å². The Bertz CT molecular complexity index is 1210. The molecule has 174 valence electrons. The van der Waals surface area contributed by atoms with Crippen LogP contribution in [-0.4, -0.2) is 52.2 Å². The van der Waals surface area contributed by atoms with Crippen LogP contribution in [-0.2, 0) is 5.41 Å². The molecule has 0 bridgehead atoms. The molecule has 1 amide bonds. The van der Waals surface area contributed by atoms with E-state index in [0.29, 0.717) is 32.1 Å². The number of aromatic nitrogens is 2. The molecule has 34 heavy (non-hydrogen) atoms. The van der Waals surface area contributed by atoms with Crippen LogP contribution in [0, 0.1) is 0 Å². The Hall–Kier alpha value is -3.61. The minimum atomic E-state index is -0.841. The average Bonchev–Trinajstić information content (AvgIpc) is 3.14. The van der Waals surface area contributed by atoms with E-state index in [1.807, 2.05) is 18.3 Å². The number of rotatable bonds is 3. The minimum Gasteiger partial charge on any atom is -0.465 e. The van der Waals surface area contributed by atoms with Gasteiger partial charge in [-0.05, 0) is 48.2 Å². The number of benzene rings is 2. The molecule has 1 aliphatic heterocycles. The van der Waals surface area contributed by atoms with Gasteiger partial charge in [0.05, 0.1) is 5.69 Å². The molecule has 0 atom stereocenters. The Kier molecular flexibility index (Phi) is 5.12. The maximum Gasteiger partial charge on any atom is 0.407 e. The van der Waals surface area contributed by atoms with Gasteiger partial charge in [0.15, 0.2) is 0 Å². The van der Waals surface area contributed by atoms with E-state index in [2.05, 4.69) is 51.6 Å². The number of anilines is 3. The number of amides is 1. The van der Waals surface area contributed by atoms with Crippen LogP contribution < -0.4 is 10.2 Å². The summed E-state index contributed by atoms with van der Waals surface area (Å²) in [5, 5.41) is 12.6. The van der Waals surface area contributed by atoms with Crippen molar-refractivity contribution in [2.45, 2.75) is 37.5 Å². The average molecular weight is 456 g/mol. The van der Waals surface area contributed by atoms with Crippen molar-refractivity contribution in [2.24, 2.45) is 0 Å². The summed E-state index contributed by atoms with van der Waals surface area (Å²) in [6.45, 7) is 2.47. The minimum absolute atomic E-state index is 0.0193. The molecule has 6 rings (SSSR count). The normalized spacial score (nSPS) is 18.5. The summed E-state index contributed by atoms with van der Waals surface area (Å²) >= 11 is 0. The lowest BCUT2D eigenvalue weighted by molar-refractivity contribution is 0.142. The molecular weight excluding hydrogens is 426 g/mol. The van der Waals surface area contributed by atoms with Crippen molar-refractivity contribution >= 4 is 23.4 Å². The highest BCUT2D eigenvalue weighted by Gasteiger charge is 2.45. The quantitative estimate of drug-likeness (QED) is 0.561. The van der Waals surface area contributed by atoms with Gasteiger partial charge < -0.3 is 20.2 Å². The van der Waals surface area contributed by atoms with E-state index in [9.17, 15) is 4.79 Å². The Morgan fingerprint density at radius 1 is 0.912 bits per heavy atom. The molecule has 0 unspecified atom stereocenters. The van der Waals surface area contributed by atoms with Crippen molar-refractivity contribution < 1.29 is 9.90 Å². The highest BCUT2D eigenvalue weighted by molar-refractivity contribution is 5.80. The first-order valence-electron chi connectivity index (χ1n) is 12.2. The fourth-order valence-electron chi connectivity index (χ4n) is 5.97. The molecule has 1 saturated carbocycles. The lowest BCUT2D eigenvalue weighted by atomic mass is 9.69. The van der Waals surface area contributed by atoms with Gasteiger partial charge in [0.1, 0.15) is 0 Å². The number of carbonyl (C=O) groups is 1. The number of fused-ring (bicyclic) bond motifs is 5. The first kappa shape index (κ1) is 21.0. The lowest BCUT2D eigenvalue weighted by Crippen LogP contribution is -2.48. The van der Waals surface area contributed by atoms with E-state index in [1.54, 1.807) is 0 Å². The van der Waals surface area contributed by atoms with Crippen LogP contribution in [0.5, 0.6) is 0 Å². The number of hydrogen-bond donors (Lipinski definition) is 2. The first-order chi connectivity index (χ1) is 16.6. The van der Waals surface area contributed by atoms with Crippen molar-refractivity contribution in [1.29, 1.82) is 0 Å². The zero-order valence-electron chi connectivity index (χ0n) is 19.2. The van der Waals surface area contributed by atoms with Gasteiger partial charge in [-0.1, -0.05) is 43.5 Å². The molecule has 7 heteroatoms. The summed E-state index contributed by atoms with van der Waals surface area (Å²) in [6.07, 6.45) is 7.22. The number of carboxylic acid groups (broad SMARTS) is 1. The summed E-state index contributed by atoms with van der Waals surface area (Å²) < 4.78 is 0. The molecule has 2 aliphatic carbocycles. The van der Waals surface area contributed by atoms with Gasteiger partial charge in [0.25, 0.3) is 0 Å². The van der Waals surface area contributed by atoms with Gasteiger partial charge in [0.2, 0.25) is 5.95 Å². The number of hydrogen-bond acceptors (Lipinski definition) is 5.